The van der Waals surface area contributed by atoms with Crippen molar-refractivity contribution in [1.82, 2.24) is 19.6 Å². The van der Waals surface area contributed by atoms with E-state index in [1.54, 1.807) is 22.9 Å². The van der Waals surface area contributed by atoms with Crippen LogP contribution in [-0.2, 0) is 9.84 Å². The standard InChI is InChI=1S/C23H18ClN5O2S/c1-28(22-20-11-8-17(24)13-21(20)29-14-25-27-23(29)26-22)18-5-3-4-16(12-18)15-6-9-19(10-7-15)32(2,30)31/h3-14H,1-2H3. The van der Waals surface area contributed by atoms with Crippen LogP contribution in [0.25, 0.3) is 27.8 Å². The Kier molecular flexibility index (Phi) is 4.83. The van der Waals surface area contributed by atoms with Gasteiger partial charge in [-0.25, -0.2) is 8.42 Å². The van der Waals surface area contributed by atoms with Gasteiger partial charge in [-0.2, -0.15) is 4.98 Å². The van der Waals surface area contributed by atoms with Crippen molar-refractivity contribution < 1.29 is 8.42 Å². The van der Waals surface area contributed by atoms with Gasteiger partial charge in [0.1, 0.15) is 12.1 Å². The number of hydrogen-bond donors (Lipinski definition) is 0. The Morgan fingerprint density at radius 3 is 2.50 bits per heavy atom. The van der Waals surface area contributed by atoms with Gasteiger partial charge in [-0.1, -0.05) is 35.9 Å². The summed E-state index contributed by atoms with van der Waals surface area (Å²) in [4.78, 5) is 7.00. The van der Waals surface area contributed by atoms with E-state index in [9.17, 15) is 8.42 Å². The van der Waals surface area contributed by atoms with E-state index in [4.69, 9.17) is 16.6 Å². The number of aromatic nitrogens is 4. The highest BCUT2D eigenvalue weighted by atomic mass is 35.5. The van der Waals surface area contributed by atoms with Crippen molar-refractivity contribution in [1.29, 1.82) is 0 Å². The second kappa shape index (κ2) is 7.58. The van der Waals surface area contributed by atoms with Crippen molar-refractivity contribution in [3.8, 4) is 11.1 Å². The number of rotatable bonds is 4. The third-order valence-corrected chi connectivity index (χ3v) is 6.73. The zero-order valence-corrected chi connectivity index (χ0v) is 18.8. The number of sulfone groups is 1. The molecule has 0 atom stereocenters. The summed E-state index contributed by atoms with van der Waals surface area (Å²) in [6.45, 7) is 0. The lowest BCUT2D eigenvalue weighted by molar-refractivity contribution is 0.602. The van der Waals surface area contributed by atoms with E-state index in [1.807, 2.05) is 66.5 Å². The van der Waals surface area contributed by atoms with Gasteiger partial charge in [-0.3, -0.25) is 4.40 Å². The van der Waals surface area contributed by atoms with Gasteiger partial charge in [-0.05, 0) is 53.6 Å². The Labute approximate surface area is 189 Å². The predicted octanol–water partition coefficient (Wildman–Crippen LogP) is 4.77. The van der Waals surface area contributed by atoms with E-state index in [2.05, 4.69) is 10.2 Å². The molecule has 0 spiro atoms. The molecule has 9 heteroatoms. The monoisotopic (exact) mass is 463 g/mol. The molecule has 7 nitrogen and oxygen atoms in total. The molecule has 2 heterocycles. The van der Waals surface area contributed by atoms with Crippen LogP contribution in [0.4, 0.5) is 11.5 Å². The average Bonchev–Trinajstić information content (AvgIpc) is 3.26. The van der Waals surface area contributed by atoms with Gasteiger partial charge in [0.2, 0.25) is 0 Å². The fraction of sp³-hybridized carbons (Fsp3) is 0.0870. The quantitative estimate of drug-likeness (QED) is 0.382. The van der Waals surface area contributed by atoms with Gasteiger partial charge in [0.25, 0.3) is 5.78 Å². The van der Waals surface area contributed by atoms with E-state index < -0.39 is 9.84 Å². The topological polar surface area (TPSA) is 80.5 Å². The summed E-state index contributed by atoms with van der Waals surface area (Å²) in [7, 11) is -1.30. The first-order valence-corrected chi connectivity index (χ1v) is 12.0. The lowest BCUT2D eigenvalue weighted by Crippen LogP contribution is -2.13. The molecule has 5 aromatic rings. The van der Waals surface area contributed by atoms with Crippen LogP contribution in [0.1, 0.15) is 0 Å². The highest BCUT2D eigenvalue weighted by Crippen LogP contribution is 2.33. The van der Waals surface area contributed by atoms with Crippen molar-refractivity contribution in [3.05, 3.63) is 78.1 Å². The number of hydrogen-bond acceptors (Lipinski definition) is 6. The smallest absolute Gasteiger partial charge is 0.257 e. The second-order valence-corrected chi connectivity index (χ2v) is 9.96. The summed E-state index contributed by atoms with van der Waals surface area (Å²) in [6, 6.07) is 20.5. The van der Waals surface area contributed by atoms with E-state index in [1.165, 1.54) is 6.26 Å². The van der Waals surface area contributed by atoms with Crippen LogP contribution in [0.15, 0.2) is 78.0 Å². The van der Waals surface area contributed by atoms with E-state index in [0.717, 1.165) is 33.5 Å². The summed E-state index contributed by atoms with van der Waals surface area (Å²) in [5, 5.41) is 9.62. The number of anilines is 2. The maximum absolute atomic E-state index is 11.7. The lowest BCUT2D eigenvalue weighted by Gasteiger charge is -2.21. The molecule has 0 saturated carbocycles. The Balaban J connectivity index is 1.60. The van der Waals surface area contributed by atoms with Crippen LogP contribution in [-0.4, -0.2) is 41.3 Å². The number of benzene rings is 3. The second-order valence-electron chi connectivity index (χ2n) is 7.50. The predicted molar refractivity (Wildman–Crippen MR) is 126 cm³/mol. The maximum Gasteiger partial charge on any atom is 0.257 e. The minimum Gasteiger partial charge on any atom is -0.329 e. The number of halogens is 1. The summed E-state index contributed by atoms with van der Waals surface area (Å²) < 4.78 is 25.3. The van der Waals surface area contributed by atoms with E-state index in [-0.39, 0.29) is 0 Å². The fourth-order valence-electron chi connectivity index (χ4n) is 3.69. The molecule has 0 bridgehead atoms. The van der Waals surface area contributed by atoms with Crippen LogP contribution in [0.3, 0.4) is 0 Å². The van der Waals surface area contributed by atoms with Gasteiger partial charge in [0.15, 0.2) is 9.84 Å². The van der Waals surface area contributed by atoms with Gasteiger partial charge in [0, 0.05) is 29.4 Å². The molecule has 3 aromatic carbocycles. The van der Waals surface area contributed by atoms with Gasteiger partial charge >= 0.3 is 0 Å². The first-order valence-electron chi connectivity index (χ1n) is 9.74. The molecule has 0 unspecified atom stereocenters. The number of fused-ring (bicyclic) bond motifs is 3. The molecule has 32 heavy (non-hydrogen) atoms. The van der Waals surface area contributed by atoms with Crippen LogP contribution < -0.4 is 4.90 Å². The number of nitrogens with zero attached hydrogens (tertiary/aromatic N) is 5. The average molecular weight is 464 g/mol. The minimum atomic E-state index is -3.24. The maximum atomic E-state index is 11.7. The minimum absolute atomic E-state index is 0.297. The molecule has 0 N–H and O–H groups in total. The summed E-state index contributed by atoms with van der Waals surface area (Å²) in [5.74, 6) is 1.20. The molecule has 0 radical (unpaired) electrons. The third kappa shape index (κ3) is 3.57. The van der Waals surface area contributed by atoms with Crippen molar-refractivity contribution in [2.24, 2.45) is 0 Å². The molecule has 160 valence electrons. The zero-order chi connectivity index (χ0) is 22.5. The first-order chi connectivity index (χ1) is 15.3. The Hall–Kier alpha value is -3.49. The van der Waals surface area contributed by atoms with Crippen molar-refractivity contribution in [3.63, 3.8) is 0 Å². The van der Waals surface area contributed by atoms with Gasteiger partial charge in [-0.15, -0.1) is 10.2 Å². The molecule has 0 saturated heterocycles. The normalized spacial score (nSPS) is 11.8. The molecule has 0 aliphatic heterocycles. The van der Waals surface area contributed by atoms with Crippen LogP contribution in [0.2, 0.25) is 5.02 Å². The Morgan fingerprint density at radius 2 is 1.75 bits per heavy atom. The molecule has 0 aliphatic rings. The molecule has 0 amide bonds. The van der Waals surface area contributed by atoms with Crippen LogP contribution in [0.5, 0.6) is 0 Å². The molecule has 0 fully saturated rings. The van der Waals surface area contributed by atoms with Crippen molar-refractivity contribution in [2.45, 2.75) is 4.90 Å². The highest BCUT2D eigenvalue weighted by Gasteiger charge is 2.15. The van der Waals surface area contributed by atoms with Crippen LogP contribution in [0, 0.1) is 0 Å². The fourth-order valence-corrected chi connectivity index (χ4v) is 4.49. The Bertz CT molecular complexity index is 1580. The molecule has 0 aliphatic carbocycles. The SMILES string of the molecule is CN(c1cccc(-c2ccc(S(C)(=O)=O)cc2)c1)c1nc2nncn2c2cc(Cl)ccc12. The zero-order valence-electron chi connectivity index (χ0n) is 17.3. The molecular formula is C23H18ClN5O2S. The molecule has 5 rings (SSSR count). The third-order valence-electron chi connectivity index (χ3n) is 5.36. The lowest BCUT2D eigenvalue weighted by atomic mass is 10.0. The largest absolute Gasteiger partial charge is 0.329 e. The van der Waals surface area contributed by atoms with E-state index >= 15 is 0 Å². The van der Waals surface area contributed by atoms with Gasteiger partial charge < -0.3 is 4.90 Å². The Morgan fingerprint density at radius 1 is 0.969 bits per heavy atom. The summed E-state index contributed by atoms with van der Waals surface area (Å²) in [5.41, 5.74) is 3.67. The summed E-state index contributed by atoms with van der Waals surface area (Å²) in [6.07, 6.45) is 2.82. The molecular weight excluding hydrogens is 446 g/mol. The van der Waals surface area contributed by atoms with Gasteiger partial charge in [0.05, 0.1) is 10.4 Å². The first kappa shape index (κ1) is 20.4. The summed E-state index contributed by atoms with van der Waals surface area (Å²) >= 11 is 6.24. The van der Waals surface area contributed by atoms with Crippen molar-refractivity contribution in [2.75, 3.05) is 18.2 Å². The highest BCUT2D eigenvalue weighted by molar-refractivity contribution is 7.90. The molecule has 2 aromatic heterocycles. The van der Waals surface area contributed by atoms with Crippen molar-refractivity contribution >= 4 is 49.6 Å². The van der Waals surface area contributed by atoms with E-state index in [0.29, 0.717) is 15.7 Å². The van der Waals surface area contributed by atoms with Crippen LogP contribution >= 0.6 is 11.6 Å².